The van der Waals surface area contributed by atoms with Crippen LogP contribution >= 0.6 is 0 Å². The lowest BCUT2D eigenvalue weighted by molar-refractivity contribution is -0.161. The van der Waals surface area contributed by atoms with Crippen molar-refractivity contribution in [3.8, 4) is 5.75 Å². The number of phenols is 1. The maximum absolute atomic E-state index is 12.9. The summed E-state index contributed by atoms with van der Waals surface area (Å²) in [6.07, 6.45) is 0.813. The molecule has 1 fully saturated rings. The van der Waals surface area contributed by atoms with Gasteiger partial charge in [0.15, 0.2) is 0 Å². The van der Waals surface area contributed by atoms with Crippen LogP contribution in [0.1, 0.15) is 53.5 Å². The molecule has 1 saturated heterocycles. The van der Waals surface area contributed by atoms with E-state index in [1.165, 1.54) is 0 Å². The van der Waals surface area contributed by atoms with Crippen molar-refractivity contribution in [3.05, 3.63) is 29.8 Å². The van der Waals surface area contributed by atoms with Gasteiger partial charge in [-0.15, -0.1) is 0 Å². The number of benzene rings is 1. The smallest absolute Gasteiger partial charge is 0.410 e. The molecule has 0 bridgehead atoms. The second-order valence-corrected chi connectivity index (χ2v) is 9.49. The third-order valence-corrected chi connectivity index (χ3v) is 4.52. The summed E-state index contributed by atoms with van der Waals surface area (Å²) in [5.41, 5.74) is -0.273. The molecule has 0 aromatic heterocycles. The fourth-order valence-electron chi connectivity index (χ4n) is 3.37. The predicted molar refractivity (Wildman–Crippen MR) is 107 cm³/mol. The molecule has 0 spiro atoms. The molecule has 1 N–H and O–H groups in total. The monoisotopic (exact) mass is 391 g/mol. The third-order valence-electron chi connectivity index (χ3n) is 4.52. The number of rotatable bonds is 4. The molecule has 6 heteroatoms. The van der Waals surface area contributed by atoms with E-state index in [1.807, 2.05) is 47.6 Å². The Morgan fingerprint density at radius 2 is 1.79 bits per heavy atom. The number of carbonyl (C=O) groups excluding carboxylic acids is 2. The van der Waals surface area contributed by atoms with E-state index in [0.717, 1.165) is 5.56 Å². The highest BCUT2D eigenvalue weighted by Gasteiger charge is 2.39. The van der Waals surface area contributed by atoms with Gasteiger partial charge >= 0.3 is 12.1 Å². The molecular weight excluding hydrogens is 358 g/mol. The molecule has 1 aliphatic heterocycles. The van der Waals surface area contributed by atoms with E-state index in [4.69, 9.17) is 9.47 Å². The second kappa shape index (κ2) is 8.41. The van der Waals surface area contributed by atoms with Crippen LogP contribution in [-0.4, -0.2) is 46.4 Å². The Kier molecular flexibility index (Phi) is 6.63. The number of phenolic OH excluding ortho intramolecular Hbond substituents is 1. The van der Waals surface area contributed by atoms with Gasteiger partial charge in [-0.05, 0) is 78.0 Å². The first-order chi connectivity index (χ1) is 12.8. The molecule has 0 saturated carbocycles. The minimum atomic E-state index is -0.586. The zero-order valence-electron chi connectivity index (χ0n) is 17.8. The summed E-state index contributed by atoms with van der Waals surface area (Å²) in [5, 5.41) is 9.75. The third kappa shape index (κ3) is 6.73. The van der Waals surface area contributed by atoms with E-state index in [-0.39, 0.29) is 23.7 Å². The Morgan fingerprint density at radius 3 is 2.36 bits per heavy atom. The van der Waals surface area contributed by atoms with Crippen LogP contribution in [0, 0.1) is 11.8 Å². The van der Waals surface area contributed by atoms with Crippen LogP contribution in [-0.2, 0) is 20.7 Å². The van der Waals surface area contributed by atoms with Crippen LogP contribution in [0.15, 0.2) is 24.3 Å². The summed E-state index contributed by atoms with van der Waals surface area (Å²) in [4.78, 5) is 27.0. The van der Waals surface area contributed by atoms with Crippen LogP contribution in [0.2, 0.25) is 0 Å². The normalized spacial score (nSPS) is 18.6. The van der Waals surface area contributed by atoms with Crippen LogP contribution in [0.5, 0.6) is 5.75 Å². The van der Waals surface area contributed by atoms with Crippen molar-refractivity contribution in [1.29, 1.82) is 0 Å². The highest BCUT2D eigenvalue weighted by molar-refractivity contribution is 5.74. The van der Waals surface area contributed by atoms with Gasteiger partial charge in [-0.3, -0.25) is 4.79 Å². The van der Waals surface area contributed by atoms with Gasteiger partial charge in [0.05, 0.1) is 5.92 Å². The summed E-state index contributed by atoms with van der Waals surface area (Å²) >= 11 is 0. The number of carbonyl (C=O) groups is 2. The molecule has 1 aromatic rings. The van der Waals surface area contributed by atoms with Gasteiger partial charge in [-0.25, -0.2) is 4.79 Å². The largest absolute Gasteiger partial charge is 0.508 e. The zero-order valence-corrected chi connectivity index (χ0v) is 17.8. The average molecular weight is 392 g/mol. The van der Waals surface area contributed by atoms with E-state index in [2.05, 4.69) is 0 Å². The minimum absolute atomic E-state index is 0.0234. The Balaban J connectivity index is 2.15. The van der Waals surface area contributed by atoms with Crippen molar-refractivity contribution < 1.29 is 24.2 Å². The molecule has 1 heterocycles. The van der Waals surface area contributed by atoms with Crippen LogP contribution in [0.3, 0.4) is 0 Å². The molecule has 2 unspecified atom stereocenters. The highest BCUT2D eigenvalue weighted by atomic mass is 16.6. The maximum Gasteiger partial charge on any atom is 0.410 e. The molecule has 156 valence electrons. The van der Waals surface area contributed by atoms with Gasteiger partial charge in [-0.1, -0.05) is 12.1 Å². The molecule has 1 aliphatic rings. The Morgan fingerprint density at radius 1 is 1.14 bits per heavy atom. The second-order valence-electron chi connectivity index (χ2n) is 9.49. The lowest BCUT2D eigenvalue weighted by Crippen LogP contribution is -2.38. The van der Waals surface area contributed by atoms with E-state index in [0.29, 0.717) is 25.9 Å². The van der Waals surface area contributed by atoms with Crippen molar-refractivity contribution in [1.82, 2.24) is 4.90 Å². The first-order valence-corrected chi connectivity index (χ1v) is 9.83. The molecule has 1 amide bonds. The fraction of sp³-hybridized carbons (Fsp3) is 0.636. The topological polar surface area (TPSA) is 76.1 Å². The van der Waals surface area contributed by atoms with E-state index >= 15 is 0 Å². The maximum atomic E-state index is 12.9. The molecule has 2 atom stereocenters. The first-order valence-electron chi connectivity index (χ1n) is 9.83. The van der Waals surface area contributed by atoms with Crippen molar-refractivity contribution in [2.75, 3.05) is 13.1 Å². The molecule has 1 aromatic carbocycles. The molecule has 0 aliphatic carbocycles. The van der Waals surface area contributed by atoms with Gasteiger partial charge in [0.1, 0.15) is 17.0 Å². The number of nitrogens with zero attached hydrogens (tertiary/aromatic N) is 1. The van der Waals surface area contributed by atoms with Gasteiger partial charge in [0.25, 0.3) is 0 Å². The number of likely N-dealkylation sites (tertiary alicyclic amines) is 1. The van der Waals surface area contributed by atoms with Crippen molar-refractivity contribution >= 4 is 12.1 Å². The Hall–Kier alpha value is -2.24. The number of hydrogen-bond acceptors (Lipinski definition) is 5. The van der Waals surface area contributed by atoms with Gasteiger partial charge in [0.2, 0.25) is 0 Å². The van der Waals surface area contributed by atoms with E-state index in [1.54, 1.807) is 23.1 Å². The minimum Gasteiger partial charge on any atom is -0.508 e. The number of hydrogen-bond donors (Lipinski definition) is 1. The summed E-state index contributed by atoms with van der Waals surface area (Å²) in [5.74, 6) is -0.521. The molecule has 2 rings (SSSR count). The van der Waals surface area contributed by atoms with E-state index < -0.39 is 17.1 Å². The lowest BCUT2D eigenvalue weighted by atomic mass is 9.86. The molecule has 6 nitrogen and oxygen atoms in total. The SMILES string of the molecule is CC(C)(C)OC(=O)C(Cc1cccc(O)c1)C1CCN(C(=O)OC(C)(C)C)C1. The Labute approximate surface area is 167 Å². The van der Waals surface area contributed by atoms with Crippen molar-refractivity contribution in [2.24, 2.45) is 11.8 Å². The molecule has 0 radical (unpaired) electrons. The van der Waals surface area contributed by atoms with Gasteiger partial charge in [-0.2, -0.15) is 0 Å². The van der Waals surface area contributed by atoms with Crippen LogP contribution in [0.4, 0.5) is 4.79 Å². The molecular formula is C22H33NO5. The average Bonchev–Trinajstić information content (AvgIpc) is 2.99. The lowest BCUT2D eigenvalue weighted by Gasteiger charge is -2.28. The number of aromatic hydroxyl groups is 1. The zero-order chi connectivity index (χ0) is 21.1. The number of amides is 1. The number of ether oxygens (including phenoxy) is 2. The van der Waals surface area contributed by atoms with Gasteiger partial charge in [0, 0.05) is 13.1 Å². The molecule has 28 heavy (non-hydrogen) atoms. The van der Waals surface area contributed by atoms with Crippen molar-refractivity contribution in [3.63, 3.8) is 0 Å². The summed E-state index contributed by atoms with van der Waals surface area (Å²) in [6, 6.07) is 6.92. The summed E-state index contributed by atoms with van der Waals surface area (Å²) in [7, 11) is 0. The first kappa shape index (κ1) is 22.1. The van der Waals surface area contributed by atoms with Crippen LogP contribution in [0.25, 0.3) is 0 Å². The predicted octanol–water partition coefficient (Wildman–Crippen LogP) is 4.15. The van der Waals surface area contributed by atoms with Gasteiger partial charge < -0.3 is 19.5 Å². The van der Waals surface area contributed by atoms with E-state index in [9.17, 15) is 14.7 Å². The number of esters is 1. The fourth-order valence-corrected chi connectivity index (χ4v) is 3.37. The van der Waals surface area contributed by atoms with Crippen molar-refractivity contribution in [2.45, 2.75) is 65.6 Å². The Bertz CT molecular complexity index is 702. The standard InChI is InChI=1S/C22H33NO5/c1-21(2,3)27-19(25)18(13-15-8-7-9-17(24)12-15)16-10-11-23(14-16)20(26)28-22(4,5)6/h7-9,12,16,18,24H,10-11,13-14H2,1-6H3. The quantitative estimate of drug-likeness (QED) is 0.781. The summed E-state index contributed by atoms with van der Waals surface area (Å²) < 4.78 is 11.1. The van der Waals surface area contributed by atoms with Crippen LogP contribution < -0.4 is 0 Å². The highest BCUT2D eigenvalue weighted by Crippen LogP contribution is 2.31. The summed E-state index contributed by atoms with van der Waals surface area (Å²) in [6.45, 7) is 12.1.